The molecule has 0 unspecified atom stereocenters. The van der Waals surface area contributed by atoms with E-state index in [4.69, 9.17) is 5.73 Å². The highest BCUT2D eigenvalue weighted by atomic mass is 15.2. The third-order valence-electron chi connectivity index (χ3n) is 2.95. The lowest BCUT2D eigenvalue weighted by Crippen LogP contribution is -1.95. The fourth-order valence-electron chi connectivity index (χ4n) is 2.14. The zero-order valence-corrected chi connectivity index (χ0v) is 10.4. The van der Waals surface area contributed by atoms with Gasteiger partial charge in [0.25, 0.3) is 0 Å². The fourth-order valence-corrected chi connectivity index (χ4v) is 2.14. The Hall–Kier alpha value is -2.36. The van der Waals surface area contributed by atoms with Gasteiger partial charge in [-0.1, -0.05) is 23.8 Å². The Kier molecular flexibility index (Phi) is 2.30. The molecule has 0 aliphatic carbocycles. The molecule has 2 N–H and O–H groups in total. The number of aryl methyl sites for hydroxylation is 2. The van der Waals surface area contributed by atoms with Crippen LogP contribution in [0.1, 0.15) is 11.1 Å². The SMILES string of the molecule is Cc1cccc(-c2nnc3c(N)cc(C)cn23)c1. The van der Waals surface area contributed by atoms with E-state index in [1.165, 1.54) is 5.56 Å². The summed E-state index contributed by atoms with van der Waals surface area (Å²) in [6, 6.07) is 10.1. The Labute approximate surface area is 105 Å². The van der Waals surface area contributed by atoms with Crippen molar-refractivity contribution in [3.8, 4) is 11.4 Å². The van der Waals surface area contributed by atoms with Gasteiger partial charge in [-0.3, -0.25) is 4.40 Å². The lowest BCUT2D eigenvalue weighted by Gasteiger charge is -2.04. The van der Waals surface area contributed by atoms with Crippen molar-refractivity contribution >= 4 is 11.3 Å². The summed E-state index contributed by atoms with van der Waals surface area (Å²) in [5, 5.41) is 8.39. The van der Waals surface area contributed by atoms with Crippen LogP contribution < -0.4 is 5.73 Å². The molecule has 3 aromatic rings. The van der Waals surface area contributed by atoms with Gasteiger partial charge in [-0.25, -0.2) is 0 Å². The van der Waals surface area contributed by atoms with Crippen molar-refractivity contribution in [2.45, 2.75) is 13.8 Å². The first kappa shape index (κ1) is 10.8. The van der Waals surface area contributed by atoms with Gasteiger partial charge in [0, 0.05) is 11.8 Å². The van der Waals surface area contributed by atoms with E-state index in [1.54, 1.807) is 0 Å². The summed E-state index contributed by atoms with van der Waals surface area (Å²) >= 11 is 0. The number of aromatic nitrogens is 3. The minimum absolute atomic E-state index is 0.654. The van der Waals surface area contributed by atoms with Crippen LogP contribution in [0.5, 0.6) is 0 Å². The first-order valence-corrected chi connectivity index (χ1v) is 5.83. The van der Waals surface area contributed by atoms with E-state index in [0.29, 0.717) is 11.3 Å². The summed E-state index contributed by atoms with van der Waals surface area (Å²) in [7, 11) is 0. The van der Waals surface area contributed by atoms with E-state index in [-0.39, 0.29) is 0 Å². The summed E-state index contributed by atoms with van der Waals surface area (Å²) < 4.78 is 1.94. The van der Waals surface area contributed by atoms with Gasteiger partial charge in [0.15, 0.2) is 11.5 Å². The predicted molar refractivity (Wildman–Crippen MR) is 72.3 cm³/mol. The van der Waals surface area contributed by atoms with Crippen molar-refractivity contribution in [2.24, 2.45) is 0 Å². The molecule has 0 bridgehead atoms. The monoisotopic (exact) mass is 238 g/mol. The van der Waals surface area contributed by atoms with Crippen molar-refractivity contribution in [1.82, 2.24) is 14.6 Å². The second-order valence-corrected chi connectivity index (χ2v) is 4.56. The summed E-state index contributed by atoms with van der Waals surface area (Å²) in [6.45, 7) is 4.07. The number of fused-ring (bicyclic) bond motifs is 1. The van der Waals surface area contributed by atoms with Crippen LogP contribution in [0.4, 0.5) is 5.69 Å². The van der Waals surface area contributed by atoms with Crippen LogP contribution in [0, 0.1) is 13.8 Å². The molecule has 0 saturated heterocycles. The van der Waals surface area contributed by atoms with Crippen LogP contribution in [0.3, 0.4) is 0 Å². The standard InChI is InChI=1S/C14H14N4/c1-9-4-3-5-11(6-9)13-16-17-14-12(15)7-10(2)8-18(13)14/h3-8H,15H2,1-2H3. The normalized spacial score (nSPS) is 11.0. The zero-order valence-electron chi connectivity index (χ0n) is 10.4. The van der Waals surface area contributed by atoms with E-state index in [1.807, 2.05) is 35.7 Å². The lowest BCUT2D eigenvalue weighted by molar-refractivity contribution is 1.11. The molecule has 0 spiro atoms. The number of pyridine rings is 1. The van der Waals surface area contributed by atoms with Crippen LogP contribution in [-0.2, 0) is 0 Å². The first-order chi connectivity index (χ1) is 8.65. The quantitative estimate of drug-likeness (QED) is 0.709. The molecule has 0 fully saturated rings. The van der Waals surface area contributed by atoms with Crippen molar-refractivity contribution in [3.05, 3.63) is 47.7 Å². The van der Waals surface area contributed by atoms with Crippen molar-refractivity contribution in [1.29, 1.82) is 0 Å². The molecule has 18 heavy (non-hydrogen) atoms. The van der Waals surface area contributed by atoms with E-state index in [2.05, 4.69) is 29.3 Å². The Morgan fingerprint density at radius 3 is 2.67 bits per heavy atom. The average molecular weight is 238 g/mol. The molecule has 4 heteroatoms. The number of nitrogen functional groups attached to an aromatic ring is 1. The third-order valence-corrected chi connectivity index (χ3v) is 2.95. The Morgan fingerprint density at radius 1 is 1.06 bits per heavy atom. The van der Waals surface area contributed by atoms with Crippen molar-refractivity contribution in [3.63, 3.8) is 0 Å². The summed E-state index contributed by atoms with van der Waals surface area (Å²) in [6.07, 6.45) is 2.00. The van der Waals surface area contributed by atoms with Gasteiger partial charge in [0.1, 0.15) is 0 Å². The van der Waals surface area contributed by atoms with Gasteiger partial charge in [0.05, 0.1) is 5.69 Å². The van der Waals surface area contributed by atoms with E-state index in [0.717, 1.165) is 17.0 Å². The Balaban J connectivity index is 2.30. The maximum atomic E-state index is 5.96. The number of benzene rings is 1. The van der Waals surface area contributed by atoms with Crippen molar-refractivity contribution < 1.29 is 0 Å². The molecule has 0 amide bonds. The topological polar surface area (TPSA) is 56.2 Å². The van der Waals surface area contributed by atoms with Crippen LogP contribution in [-0.4, -0.2) is 14.6 Å². The second-order valence-electron chi connectivity index (χ2n) is 4.56. The summed E-state index contributed by atoms with van der Waals surface area (Å²) in [4.78, 5) is 0. The Morgan fingerprint density at radius 2 is 1.89 bits per heavy atom. The van der Waals surface area contributed by atoms with Crippen LogP contribution >= 0.6 is 0 Å². The molecule has 3 rings (SSSR count). The average Bonchev–Trinajstić information content (AvgIpc) is 2.72. The largest absolute Gasteiger partial charge is 0.396 e. The fraction of sp³-hybridized carbons (Fsp3) is 0.143. The number of anilines is 1. The minimum atomic E-state index is 0.654. The molecule has 2 aromatic heterocycles. The van der Waals surface area contributed by atoms with Gasteiger partial charge >= 0.3 is 0 Å². The highest BCUT2D eigenvalue weighted by Gasteiger charge is 2.10. The number of rotatable bonds is 1. The van der Waals surface area contributed by atoms with E-state index < -0.39 is 0 Å². The number of nitrogens with two attached hydrogens (primary N) is 1. The summed E-state index contributed by atoms with van der Waals surface area (Å²) in [5.74, 6) is 0.823. The number of nitrogens with zero attached hydrogens (tertiary/aromatic N) is 3. The number of hydrogen-bond donors (Lipinski definition) is 1. The lowest BCUT2D eigenvalue weighted by atomic mass is 10.1. The molecule has 2 heterocycles. The number of hydrogen-bond acceptors (Lipinski definition) is 3. The molecule has 1 aromatic carbocycles. The second kappa shape index (κ2) is 3.84. The van der Waals surface area contributed by atoms with E-state index in [9.17, 15) is 0 Å². The Bertz CT molecular complexity index is 728. The molecule has 4 nitrogen and oxygen atoms in total. The molecule has 90 valence electrons. The maximum absolute atomic E-state index is 5.96. The molecule has 0 radical (unpaired) electrons. The van der Waals surface area contributed by atoms with Gasteiger partial charge in [-0.2, -0.15) is 0 Å². The highest BCUT2D eigenvalue weighted by molar-refractivity contribution is 5.69. The molecular weight excluding hydrogens is 224 g/mol. The third kappa shape index (κ3) is 1.62. The van der Waals surface area contributed by atoms with Gasteiger partial charge < -0.3 is 5.73 Å². The first-order valence-electron chi connectivity index (χ1n) is 5.83. The smallest absolute Gasteiger partial charge is 0.184 e. The molecular formula is C14H14N4. The summed E-state index contributed by atoms with van der Waals surface area (Å²) in [5.41, 5.74) is 10.7. The van der Waals surface area contributed by atoms with Crippen LogP contribution in [0.25, 0.3) is 17.0 Å². The minimum Gasteiger partial charge on any atom is -0.396 e. The van der Waals surface area contributed by atoms with Gasteiger partial charge in [-0.15, -0.1) is 10.2 Å². The molecule has 0 atom stereocenters. The maximum Gasteiger partial charge on any atom is 0.184 e. The highest BCUT2D eigenvalue weighted by Crippen LogP contribution is 2.22. The van der Waals surface area contributed by atoms with E-state index >= 15 is 0 Å². The van der Waals surface area contributed by atoms with Gasteiger partial charge in [0.2, 0.25) is 0 Å². The molecule has 0 saturated carbocycles. The van der Waals surface area contributed by atoms with Crippen molar-refractivity contribution in [2.75, 3.05) is 5.73 Å². The van der Waals surface area contributed by atoms with Crippen LogP contribution in [0.15, 0.2) is 36.5 Å². The zero-order chi connectivity index (χ0) is 12.7. The molecule has 0 aliphatic heterocycles. The van der Waals surface area contributed by atoms with Crippen LogP contribution in [0.2, 0.25) is 0 Å². The van der Waals surface area contributed by atoms with Gasteiger partial charge in [-0.05, 0) is 31.5 Å². The molecule has 0 aliphatic rings. The predicted octanol–water partition coefficient (Wildman–Crippen LogP) is 2.60.